The molecule has 1 heterocycles. The third-order valence-corrected chi connectivity index (χ3v) is 2.75. The molecule has 0 saturated carbocycles. The van der Waals surface area contributed by atoms with E-state index in [1.807, 2.05) is 37.3 Å². The molecular weight excluding hydrogens is 216 g/mol. The Labute approximate surface area is 99.3 Å². The van der Waals surface area contributed by atoms with Gasteiger partial charge in [0.2, 0.25) is 0 Å². The number of rotatable bonds is 4. The lowest BCUT2D eigenvalue weighted by Gasteiger charge is -2.10. The van der Waals surface area contributed by atoms with Crippen LogP contribution in [0.2, 0.25) is 0 Å². The molecule has 0 aliphatic rings. The van der Waals surface area contributed by atoms with Gasteiger partial charge in [-0.15, -0.1) is 0 Å². The van der Waals surface area contributed by atoms with Crippen molar-refractivity contribution >= 4 is 10.9 Å². The van der Waals surface area contributed by atoms with Gasteiger partial charge in [-0.05, 0) is 24.4 Å². The topological polar surface area (TPSA) is 65.1 Å². The van der Waals surface area contributed by atoms with E-state index >= 15 is 0 Å². The number of pyridine rings is 1. The number of hydrogen-bond acceptors (Lipinski definition) is 3. The maximum Gasteiger partial charge on any atom is 0.252 e. The zero-order valence-electron chi connectivity index (χ0n) is 9.73. The van der Waals surface area contributed by atoms with Crippen LogP contribution in [0.4, 0.5) is 0 Å². The largest absolute Gasteiger partial charge is 0.395 e. The number of aliphatic hydroxyl groups excluding tert-OH is 1. The number of aromatic amines is 1. The van der Waals surface area contributed by atoms with Crippen molar-refractivity contribution in [2.75, 3.05) is 6.61 Å². The minimum Gasteiger partial charge on any atom is -0.395 e. The summed E-state index contributed by atoms with van der Waals surface area (Å²) in [6.45, 7) is 2.39. The quantitative estimate of drug-likeness (QED) is 0.736. The van der Waals surface area contributed by atoms with Crippen LogP contribution in [0, 0.1) is 0 Å². The van der Waals surface area contributed by atoms with Crippen LogP contribution < -0.4 is 10.9 Å². The molecule has 0 fully saturated rings. The second-order valence-electron chi connectivity index (χ2n) is 4.18. The highest BCUT2D eigenvalue weighted by Gasteiger charge is 2.04. The van der Waals surface area contributed by atoms with Gasteiger partial charge in [0.15, 0.2) is 0 Å². The van der Waals surface area contributed by atoms with Crippen LogP contribution in [0.3, 0.4) is 0 Å². The Bertz CT molecular complexity index is 563. The Morgan fingerprint density at radius 1 is 1.41 bits per heavy atom. The summed E-state index contributed by atoms with van der Waals surface area (Å²) in [6, 6.07) is 9.54. The van der Waals surface area contributed by atoms with Crippen molar-refractivity contribution in [3.05, 3.63) is 46.2 Å². The molecule has 17 heavy (non-hydrogen) atoms. The van der Waals surface area contributed by atoms with Crippen LogP contribution in [0.5, 0.6) is 0 Å². The van der Waals surface area contributed by atoms with E-state index in [4.69, 9.17) is 5.11 Å². The molecule has 90 valence electrons. The van der Waals surface area contributed by atoms with E-state index in [9.17, 15) is 4.79 Å². The van der Waals surface area contributed by atoms with E-state index in [2.05, 4.69) is 10.3 Å². The van der Waals surface area contributed by atoms with Gasteiger partial charge in [-0.25, -0.2) is 0 Å². The summed E-state index contributed by atoms with van der Waals surface area (Å²) in [7, 11) is 0. The van der Waals surface area contributed by atoms with Gasteiger partial charge in [0.05, 0.1) is 6.61 Å². The third-order valence-electron chi connectivity index (χ3n) is 2.75. The molecular formula is C13H16N2O2. The van der Waals surface area contributed by atoms with Gasteiger partial charge in [-0.2, -0.15) is 0 Å². The number of aromatic nitrogens is 1. The van der Waals surface area contributed by atoms with Crippen molar-refractivity contribution in [2.45, 2.75) is 19.5 Å². The molecule has 0 radical (unpaired) electrons. The fourth-order valence-corrected chi connectivity index (χ4v) is 1.67. The van der Waals surface area contributed by atoms with E-state index in [0.29, 0.717) is 12.1 Å². The Balaban J connectivity index is 2.28. The summed E-state index contributed by atoms with van der Waals surface area (Å²) in [5, 5.41) is 13.0. The van der Waals surface area contributed by atoms with Crippen LogP contribution in [-0.4, -0.2) is 22.7 Å². The fourth-order valence-electron chi connectivity index (χ4n) is 1.67. The van der Waals surface area contributed by atoms with Gasteiger partial charge in [-0.3, -0.25) is 4.79 Å². The van der Waals surface area contributed by atoms with Gasteiger partial charge in [-0.1, -0.05) is 18.2 Å². The van der Waals surface area contributed by atoms with Crippen LogP contribution >= 0.6 is 0 Å². The van der Waals surface area contributed by atoms with E-state index in [-0.39, 0.29) is 18.2 Å². The average molecular weight is 232 g/mol. The van der Waals surface area contributed by atoms with Crippen molar-refractivity contribution in [1.82, 2.24) is 10.3 Å². The smallest absolute Gasteiger partial charge is 0.252 e. The number of para-hydroxylation sites is 1. The molecule has 1 aromatic heterocycles. The first-order valence-corrected chi connectivity index (χ1v) is 5.66. The summed E-state index contributed by atoms with van der Waals surface area (Å²) in [5.41, 5.74) is 1.45. The fraction of sp³-hybridized carbons (Fsp3) is 0.308. The van der Waals surface area contributed by atoms with Crippen molar-refractivity contribution in [1.29, 1.82) is 0 Å². The molecule has 0 aliphatic carbocycles. The van der Waals surface area contributed by atoms with Gasteiger partial charge in [0.25, 0.3) is 5.56 Å². The van der Waals surface area contributed by atoms with Crippen LogP contribution in [0.1, 0.15) is 12.5 Å². The zero-order chi connectivity index (χ0) is 12.3. The molecule has 2 rings (SSSR count). The molecule has 4 heteroatoms. The Morgan fingerprint density at radius 2 is 2.18 bits per heavy atom. The minimum absolute atomic E-state index is 0.0131. The Kier molecular flexibility index (Phi) is 3.56. The number of benzene rings is 1. The first-order valence-electron chi connectivity index (χ1n) is 5.66. The zero-order valence-corrected chi connectivity index (χ0v) is 9.73. The molecule has 1 aromatic carbocycles. The number of nitrogens with one attached hydrogen (secondary N) is 2. The molecule has 2 aromatic rings. The molecule has 1 atom stereocenters. The highest BCUT2D eigenvalue weighted by molar-refractivity contribution is 5.78. The number of aliphatic hydroxyl groups is 1. The normalized spacial score (nSPS) is 12.8. The molecule has 0 aliphatic heterocycles. The van der Waals surface area contributed by atoms with E-state index in [0.717, 1.165) is 10.9 Å². The Morgan fingerprint density at radius 3 is 2.94 bits per heavy atom. The van der Waals surface area contributed by atoms with Crippen molar-refractivity contribution in [3.63, 3.8) is 0 Å². The lowest BCUT2D eigenvalue weighted by molar-refractivity contribution is 0.251. The van der Waals surface area contributed by atoms with Crippen molar-refractivity contribution < 1.29 is 5.11 Å². The summed E-state index contributed by atoms with van der Waals surface area (Å²) in [5.74, 6) is 0. The SMILES string of the molecule is C[C@H](CO)NCc1cc2ccccc2[nH]c1=O. The number of H-pyrrole nitrogens is 1. The van der Waals surface area contributed by atoms with Gasteiger partial charge < -0.3 is 15.4 Å². The second kappa shape index (κ2) is 5.12. The first-order chi connectivity index (χ1) is 8.20. The number of hydrogen-bond donors (Lipinski definition) is 3. The predicted octanol–water partition coefficient (Wildman–Crippen LogP) is 0.998. The predicted molar refractivity (Wildman–Crippen MR) is 68.0 cm³/mol. The lowest BCUT2D eigenvalue weighted by atomic mass is 10.1. The monoisotopic (exact) mass is 232 g/mol. The highest BCUT2D eigenvalue weighted by Crippen LogP contribution is 2.09. The lowest BCUT2D eigenvalue weighted by Crippen LogP contribution is -2.31. The van der Waals surface area contributed by atoms with Crippen molar-refractivity contribution in [2.24, 2.45) is 0 Å². The summed E-state index contributed by atoms with van der Waals surface area (Å²) < 4.78 is 0. The second-order valence-corrected chi connectivity index (χ2v) is 4.18. The van der Waals surface area contributed by atoms with E-state index in [1.54, 1.807) is 0 Å². The van der Waals surface area contributed by atoms with Gasteiger partial charge in [0.1, 0.15) is 0 Å². The highest BCUT2D eigenvalue weighted by atomic mass is 16.3. The molecule has 0 bridgehead atoms. The molecule has 0 spiro atoms. The molecule has 4 nitrogen and oxygen atoms in total. The summed E-state index contributed by atoms with van der Waals surface area (Å²) >= 11 is 0. The van der Waals surface area contributed by atoms with Gasteiger partial charge >= 0.3 is 0 Å². The standard InChI is InChI=1S/C13H16N2O2/c1-9(8-16)14-7-11-6-10-4-2-3-5-12(10)15-13(11)17/h2-6,9,14,16H,7-8H2,1H3,(H,15,17)/t9-/m1/s1. The van der Waals surface area contributed by atoms with Crippen LogP contribution in [-0.2, 0) is 6.54 Å². The maximum atomic E-state index is 11.8. The third kappa shape index (κ3) is 2.72. The van der Waals surface area contributed by atoms with Crippen LogP contribution in [0.25, 0.3) is 10.9 Å². The minimum atomic E-state index is -0.0821. The van der Waals surface area contributed by atoms with E-state index < -0.39 is 0 Å². The molecule has 0 amide bonds. The molecule has 0 unspecified atom stereocenters. The maximum absolute atomic E-state index is 11.8. The summed E-state index contributed by atoms with van der Waals surface area (Å²) in [4.78, 5) is 14.6. The number of fused-ring (bicyclic) bond motifs is 1. The van der Waals surface area contributed by atoms with Crippen molar-refractivity contribution in [3.8, 4) is 0 Å². The van der Waals surface area contributed by atoms with Crippen LogP contribution in [0.15, 0.2) is 35.1 Å². The molecule has 3 N–H and O–H groups in total. The summed E-state index contributed by atoms with van der Waals surface area (Å²) in [6.07, 6.45) is 0. The van der Waals surface area contributed by atoms with Gasteiger partial charge in [0, 0.05) is 23.7 Å². The Hall–Kier alpha value is -1.65. The first kappa shape index (κ1) is 11.8. The molecule has 0 saturated heterocycles. The average Bonchev–Trinajstić information content (AvgIpc) is 2.35. The van der Waals surface area contributed by atoms with E-state index in [1.165, 1.54) is 0 Å².